The summed E-state index contributed by atoms with van der Waals surface area (Å²) in [6.45, 7) is 5.90. The highest BCUT2D eigenvalue weighted by Gasteiger charge is 2.34. The molecule has 112 valence electrons. The molecule has 0 aromatic heterocycles. The van der Waals surface area contributed by atoms with Crippen LogP contribution >= 0.6 is 34.8 Å². The Hall–Kier alpha value is -0.640. The summed E-state index contributed by atoms with van der Waals surface area (Å²) in [6.07, 6.45) is -0.409. The van der Waals surface area contributed by atoms with E-state index in [1.807, 2.05) is 45.0 Å². The number of carbonyl (C=O) groups is 1. The van der Waals surface area contributed by atoms with E-state index in [1.54, 1.807) is 0 Å². The molecule has 1 unspecified atom stereocenters. The molecule has 2 N–H and O–H groups in total. The van der Waals surface area contributed by atoms with Gasteiger partial charge in [-0.15, -0.1) is 0 Å². The molecule has 0 radical (unpaired) electrons. The number of rotatable bonds is 5. The van der Waals surface area contributed by atoms with Crippen LogP contribution in [0.2, 0.25) is 0 Å². The standard InChI is InChI=1S/C14H19Cl3N2O/c1-9(2)8-12(20)19-13(14(15,16)17)18-11-6-4-10(3)5-7-11/h4-7,9,13,18H,8H2,1-3H3,(H,19,20). The van der Waals surface area contributed by atoms with Crippen molar-refractivity contribution in [1.82, 2.24) is 5.32 Å². The fraction of sp³-hybridized carbons (Fsp3) is 0.500. The van der Waals surface area contributed by atoms with Crippen LogP contribution < -0.4 is 10.6 Å². The van der Waals surface area contributed by atoms with Crippen LogP contribution in [-0.4, -0.2) is 15.9 Å². The molecule has 0 fully saturated rings. The van der Waals surface area contributed by atoms with Gasteiger partial charge in [0.1, 0.15) is 6.17 Å². The lowest BCUT2D eigenvalue weighted by molar-refractivity contribution is -0.122. The molecule has 20 heavy (non-hydrogen) atoms. The molecular formula is C14H19Cl3N2O. The van der Waals surface area contributed by atoms with Gasteiger partial charge in [0.25, 0.3) is 0 Å². The molecule has 0 aliphatic carbocycles. The van der Waals surface area contributed by atoms with E-state index in [2.05, 4.69) is 10.6 Å². The minimum Gasteiger partial charge on any atom is -0.362 e. The van der Waals surface area contributed by atoms with E-state index in [0.717, 1.165) is 11.3 Å². The largest absolute Gasteiger partial charge is 0.362 e. The topological polar surface area (TPSA) is 41.1 Å². The summed E-state index contributed by atoms with van der Waals surface area (Å²) in [5, 5.41) is 5.73. The Balaban J connectivity index is 2.75. The summed E-state index contributed by atoms with van der Waals surface area (Å²) in [4.78, 5) is 11.8. The van der Waals surface area contributed by atoms with E-state index in [1.165, 1.54) is 0 Å². The van der Waals surface area contributed by atoms with Crippen LogP contribution in [0, 0.1) is 12.8 Å². The van der Waals surface area contributed by atoms with Crippen LogP contribution in [0.1, 0.15) is 25.8 Å². The van der Waals surface area contributed by atoms with Crippen molar-refractivity contribution in [3.8, 4) is 0 Å². The minimum atomic E-state index is -1.64. The average molecular weight is 338 g/mol. The smallest absolute Gasteiger partial charge is 0.228 e. The fourth-order valence-corrected chi connectivity index (χ4v) is 1.93. The molecule has 1 aromatic carbocycles. The second kappa shape index (κ2) is 7.39. The predicted molar refractivity (Wildman–Crippen MR) is 86.5 cm³/mol. The van der Waals surface area contributed by atoms with Crippen molar-refractivity contribution in [3.05, 3.63) is 29.8 Å². The van der Waals surface area contributed by atoms with Crippen LogP contribution in [-0.2, 0) is 4.79 Å². The van der Waals surface area contributed by atoms with Gasteiger partial charge in [-0.25, -0.2) is 0 Å². The SMILES string of the molecule is Cc1ccc(NC(NC(=O)CC(C)C)C(Cl)(Cl)Cl)cc1. The fourth-order valence-electron chi connectivity index (χ4n) is 1.61. The number of hydrogen-bond donors (Lipinski definition) is 2. The molecule has 1 amide bonds. The number of nitrogens with one attached hydrogen (secondary N) is 2. The maximum atomic E-state index is 11.8. The second-order valence-corrected chi connectivity index (χ2v) is 7.52. The number of hydrogen-bond acceptors (Lipinski definition) is 2. The number of anilines is 1. The molecule has 0 heterocycles. The first kappa shape index (κ1) is 17.4. The third-order valence-corrected chi connectivity index (χ3v) is 3.24. The molecule has 1 atom stereocenters. The summed E-state index contributed by atoms with van der Waals surface area (Å²) < 4.78 is -1.64. The molecule has 0 saturated heterocycles. The first-order chi connectivity index (χ1) is 9.18. The lowest BCUT2D eigenvalue weighted by atomic mass is 10.1. The molecule has 6 heteroatoms. The Morgan fingerprint density at radius 2 is 1.75 bits per heavy atom. The van der Waals surface area contributed by atoms with Crippen molar-refractivity contribution >= 4 is 46.4 Å². The first-order valence-corrected chi connectivity index (χ1v) is 7.51. The van der Waals surface area contributed by atoms with Gasteiger partial charge in [-0.2, -0.15) is 0 Å². The lowest BCUT2D eigenvalue weighted by Gasteiger charge is -2.27. The van der Waals surface area contributed by atoms with E-state index in [9.17, 15) is 4.79 Å². The molecule has 1 rings (SSSR count). The zero-order chi connectivity index (χ0) is 15.3. The molecule has 1 aromatic rings. The Morgan fingerprint density at radius 3 is 2.20 bits per heavy atom. The van der Waals surface area contributed by atoms with Gasteiger partial charge in [-0.1, -0.05) is 66.3 Å². The summed E-state index contributed by atoms with van der Waals surface area (Å²) in [5.41, 5.74) is 1.90. The monoisotopic (exact) mass is 336 g/mol. The quantitative estimate of drug-likeness (QED) is 0.622. The molecule has 3 nitrogen and oxygen atoms in total. The van der Waals surface area contributed by atoms with E-state index < -0.39 is 9.96 Å². The van der Waals surface area contributed by atoms with Gasteiger partial charge < -0.3 is 10.6 Å². The van der Waals surface area contributed by atoms with Crippen LogP contribution in [0.3, 0.4) is 0 Å². The zero-order valence-corrected chi connectivity index (χ0v) is 14.0. The van der Waals surface area contributed by atoms with Gasteiger partial charge in [0.05, 0.1) is 0 Å². The summed E-state index contributed by atoms with van der Waals surface area (Å²) in [6, 6.07) is 7.61. The minimum absolute atomic E-state index is 0.157. The van der Waals surface area contributed by atoms with E-state index in [-0.39, 0.29) is 11.8 Å². The number of halogens is 3. The summed E-state index contributed by atoms with van der Waals surface area (Å²) in [5.74, 6) is 0.0846. The molecular weight excluding hydrogens is 319 g/mol. The first-order valence-electron chi connectivity index (χ1n) is 6.37. The van der Waals surface area contributed by atoms with Crippen LogP contribution in [0.15, 0.2) is 24.3 Å². The van der Waals surface area contributed by atoms with Crippen molar-refractivity contribution in [2.45, 2.75) is 37.2 Å². The summed E-state index contributed by atoms with van der Waals surface area (Å²) >= 11 is 17.7. The average Bonchev–Trinajstić information content (AvgIpc) is 2.28. The number of carbonyl (C=O) groups excluding carboxylic acids is 1. The lowest BCUT2D eigenvalue weighted by Crippen LogP contribution is -2.49. The van der Waals surface area contributed by atoms with E-state index >= 15 is 0 Å². The molecule has 0 bridgehead atoms. The number of alkyl halides is 3. The van der Waals surface area contributed by atoms with Gasteiger partial charge in [-0.3, -0.25) is 4.79 Å². The van der Waals surface area contributed by atoms with Gasteiger partial charge in [-0.05, 0) is 25.0 Å². The Bertz CT molecular complexity index is 441. The number of amides is 1. The molecule has 0 aliphatic heterocycles. The van der Waals surface area contributed by atoms with E-state index in [0.29, 0.717) is 6.42 Å². The van der Waals surface area contributed by atoms with Crippen LogP contribution in [0.4, 0.5) is 5.69 Å². The normalized spacial score (nSPS) is 13.2. The zero-order valence-electron chi connectivity index (χ0n) is 11.7. The highest BCUT2D eigenvalue weighted by Crippen LogP contribution is 2.31. The van der Waals surface area contributed by atoms with Crippen molar-refractivity contribution < 1.29 is 4.79 Å². The Labute approximate surface area is 135 Å². The van der Waals surface area contributed by atoms with Crippen molar-refractivity contribution in [2.24, 2.45) is 5.92 Å². The van der Waals surface area contributed by atoms with Crippen LogP contribution in [0.5, 0.6) is 0 Å². The predicted octanol–water partition coefficient (Wildman–Crippen LogP) is 4.27. The van der Waals surface area contributed by atoms with Gasteiger partial charge in [0.15, 0.2) is 0 Å². The third-order valence-electron chi connectivity index (χ3n) is 2.59. The highest BCUT2D eigenvalue weighted by atomic mass is 35.6. The van der Waals surface area contributed by atoms with Crippen molar-refractivity contribution in [2.75, 3.05) is 5.32 Å². The van der Waals surface area contributed by atoms with Gasteiger partial charge >= 0.3 is 0 Å². The Morgan fingerprint density at radius 1 is 1.20 bits per heavy atom. The summed E-state index contributed by atoms with van der Waals surface area (Å²) in [7, 11) is 0. The maximum Gasteiger partial charge on any atom is 0.228 e. The number of benzene rings is 1. The molecule has 0 spiro atoms. The van der Waals surface area contributed by atoms with Crippen molar-refractivity contribution in [1.29, 1.82) is 0 Å². The Kier molecular flexibility index (Phi) is 6.44. The van der Waals surface area contributed by atoms with E-state index in [4.69, 9.17) is 34.8 Å². The van der Waals surface area contributed by atoms with Gasteiger partial charge in [0.2, 0.25) is 9.70 Å². The molecule has 0 aliphatic rings. The molecule has 0 saturated carbocycles. The third kappa shape index (κ3) is 6.21. The second-order valence-electron chi connectivity index (χ2n) is 5.15. The van der Waals surface area contributed by atoms with Crippen molar-refractivity contribution in [3.63, 3.8) is 0 Å². The highest BCUT2D eigenvalue weighted by molar-refractivity contribution is 6.68. The number of aryl methyl sites for hydroxylation is 1. The maximum absolute atomic E-state index is 11.8. The van der Waals surface area contributed by atoms with Crippen LogP contribution in [0.25, 0.3) is 0 Å². The van der Waals surface area contributed by atoms with Gasteiger partial charge in [0, 0.05) is 12.1 Å².